The Kier molecular flexibility index (Phi) is 14.9. The van der Waals surface area contributed by atoms with Gasteiger partial charge in [-0.05, 0) is 31.4 Å². The molecule has 0 aliphatic heterocycles. The molecule has 0 N–H and O–H groups in total. The van der Waals surface area contributed by atoms with Crippen LogP contribution in [0, 0.1) is 0 Å². The van der Waals surface area contributed by atoms with Crippen LogP contribution in [0.2, 0.25) is 0 Å². The van der Waals surface area contributed by atoms with Gasteiger partial charge in [0, 0.05) is 6.42 Å². The summed E-state index contributed by atoms with van der Waals surface area (Å²) in [6.45, 7) is 5.76. The highest BCUT2D eigenvalue weighted by Gasteiger charge is 2.18. The SMILES string of the molecule is CCCCCCCCCCCCC[n+]1ccn(-c2ccccc2)c1CCCCCCCC. The number of hydrogen-bond donors (Lipinski definition) is 0. The van der Waals surface area contributed by atoms with Crippen LogP contribution in [0.25, 0.3) is 5.69 Å². The first kappa shape index (κ1) is 26.7. The first-order chi connectivity index (χ1) is 15.9. The molecule has 0 saturated carbocycles. The number of imidazole rings is 1. The molecular weight excluding hydrogens is 388 g/mol. The number of para-hydroxylation sites is 1. The molecule has 2 nitrogen and oxygen atoms in total. The van der Waals surface area contributed by atoms with Crippen LogP contribution in [-0.4, -0.2) is 4.57 Å². The lowest BCUT2D eigenvalue weighted by Crippen LogP contribution is -2.37. The average molecular weight is 440 g/mol. The van der Waals surface area contributed by atoms with Crippen LogP contribution >= 0.6 is 0 Å². The van der Waals surface area contributed by atoms with Gasteiger partial charge in [-0.1, -0.05) is 122 Å². The maximum absolute atomic E-state index is 2.53. The number of aromatic nitrogens is 2. The molecule has 1 heterocycles. The van der Waals surface area contributed by atoms with Gasteiger partial charge in [0.05, 0.1) is 6.54 Å². The van der Waals surface area contributed by atoms with Crippen molar-refractivity contribution in [1.29, 1.82) is 0 Å². The van der Waals surface area contributed by atoms with Crippen LogP contribution in [0.3, 0.4) is 0 Å². The lowest BCUT2D eigenvalue weighted by Gasteiger charge is -2.06. The van der Waals surface area contributed by atoms with Gasteiger partial charge >= 0.3 is 0 Å². The molecule has 0 unspecified atom stereocenters. The predicted octanol–water partition coefficient (Wildman–Crippen LogP) is 8.98. The number of hydrogen-bond acceptors (Lipinski definition) is 0. The van der Waals surface area contributed by atoms with Crippen LogP contribution < -0.4 is 4.57 Å². The summed E-state index contributed by atoms with van der Waals surface area (Å²) in [5.41, 5.74) is 1.30. The summed E-state index contributed by atoms with van der Waals surface area (Å²) in [7, 11) is 0. The minimum absolute atomic E-state index is 1.17. The Balaban J connectivity index is 1.73. The van der Waals surface area contributed by atoms with E-state index in [-0.39, 0.29) is 0 Å². The molecule has 1 aromatic carbocycles. The van der Waals surface area contributed by atoms with Crippen molar-refractivity contribution in [3.8, 4) is 5.69 Å². The van der Waals surface area contributed by atoms with E-state index in [1.165, 1.54) is 134 Å². The molecule has 0 bridgehead atoms. The summed E-state index contributed by atoms with van der Waals surface area (Å²) in [5.74, 6) is 1.48. The van der Waals surface area contributed by atoms with E-state index in [1.54, 1.807) is 0 Å². The van der Waals surface area contributed by atoms with E-state index in [0.29, 0.717) is 0 Å². The summed E-state index contributed by atoms with van der Waals surface area (Å²) < 4.78 is 4.96. The van der Waals surface area contributed by atoms with Crippen molar-refractivity contribution in [3.05, 3.63) is 48.5 Å². The van der Waals surface area contributed by atoms with Gasteiger partial charge in [-0.25, -0.2) is 4.57 Å². The quantitative estimate of drug-likeness (QED) is 0.144. The molecule has 32 heavy (non-hydrogen) atoms. The van der Waals surface area contributed by atoms with Crippen molar-refractivity contribution >= 4 is 0 Å². The number of nitrogens with zero attached hydrogens (tertiary/aromatic N) is 2. The molecule has 0 spiro atoms. The zero-order valence-electron chi connectivity index (χ0n) is 21.4. The topological polar surface area (TPSA) is 8.81 Å². The highest BCUT2D eigenvalue weighted by atomic mass is 15.1. The Morgan fingerprint density at radius 2 is 1.09 bits per heavy atom. The third kappa shape index (κ3) is 10.8. The van der Waals surface area contributed by atoms with Crippen molar-refractivity contribution in [1.82, 2.24) is 4.57 Å². The first-order valence-electron chi connectivity index (χ1n) is 14.0. The van der Waals surface area contributed by atoms with Gasteiger partial charge in [0.15, 0.2) is 0 Å². The molecular formula is C30H51N2+. The zero-order valence-corrected chi connectivity index (χ0v) is 21.4. The van der Waals surface area contributed by atoms with E-state index < -0.39 is 0 Å². The largest absolute Gasteiger partial charge is 0.261 e. The monoisotopic (exact) mass is 439 g/mol. The molecule has 0 saturated heterocycles. The fourth-order valence-electron chi connectivity index (χ4n) is 4.76. The second kappa shape index (κ2) is 17.9. The zero-order chi connectivity index (χ0) is 22.7. The maximum Gasteiger partial charge on any atom is 0.261 e. The molecule has 0 aliphatic carbocycles. The van der Waals surface area contributed by atoms with Gasteiger partial charge in [-0.2, -0.15) is 4.57 Å². The van der Waals surface area contributed by atoms with Crippen molar-refractivity contribution < 1.29 is 4.57 Å². The molecule has 2 aromatic rings. The van der Waals surface area contributed by atoms with Crippen LogP contribution in [0.4, 0.5) is 0 Å². The van der Waals surface area contributed by atoms with E-state index >= 15 is 0 Å². The molecule has 2 heteroatoms. The lowest BCUT2D eigenvalue weighted by atomic mass is 10.1. The Bertz CT molecular complexity index is 673. The molecule has 0 aliphatic rings. The highest BCUT2D eigenvalue weighted by molar-refractivity contribution is 5.31. The number of unbranched alkanes of at least 4 members (excludes halogenated alkanes) is 15. The molecule has 0 fully saturated rings. The Morgan fingerprint density at radius 1 is 0.594 bits per heavy atom. The van der Waals surface area contributed by atoms with Gasteiger partial charge in [-0.15, -0.1) is 0 Å². The van der Waals surface area contributed by atoms with E-state index in [1.807, 2.05) is 0 Å². The summed E-state index contributed by atoms with van der Waals surface area (Å²) in [6, 6.07) is 10.9. The number of aryl methyl sites for hydroxylation is 1. The van der Waals surface area contributed by atoms with Gasteiger partial charge < -0.3 is 0 Å². The smallest absolute Gasteiger partial charge is 0.234 e. The molecule has 0 radical (unpaired) electrons. The van der Waals surface area contributed by atoms with Gasteiger partial charge in [0.1, 0.15) is 18.1 Å². The Hall–Kier alpha value is -1.57. The average Bonchev–Trinajstić information content (AvgIpc) is 3.23. The first-order valence-corrected chi connectivity index (χ1v) is 14.0. The predicted molar refractivity (Wildman–Crippen MR) is 140 cm³/mol. The fraction of sp³-hybridized carbons (Fsp3) is 0.700. The van der Waals surface area contributed by atoms with E-state index in [9.17, 15) is 0 Å². The van der Waals surface area contributed by atoms with Crippen LogP contribution in [0.1, 0.15) is 129 Å². The molecule has 0 amide bonds. The summed E-state index contributed by atoms with van der Waals surface area (Å²) in [6.07, 6.45) is 29.5. The van der Waals surface area contributed by atoms with Crippen LogP contribution in [0.5, 0.6) is 0 Å². The van der Waals surface area contributed by atoms with Crippen molar-refractivity contribution in [2.24, 2.45) is 0 Å². The fourth-order valence-corrected chi connectivity index (χ4v) is 4.76. The Morgan fingerprint density at radius 3 is 1.66 bits per heavy atom. The minimum atomic E-state index is 1.17. The normalized spacial score (nSPS) is 11.3. The van der Waals surface area contributed by atoms with Crippen molar-refractivity contribution in [2.75, 3.05) is 0 Å². The second-order valence-corrected chi connectivity index (χ2v) is 9.67. The highest BCUT2D eigenvalue weighted by Crippen LogP contribution is 2.15. The molecule has 2 rings (SSSR count). The van der Waals surface area contributed by atoms with Gasteiger partial charge in [0.2, 0.25) is 0 Å². The summed E-state index contributed by atoms with van der Waals surface area (Å²) in [5, 5.41) is 0. The molecule has 1 aromatic heterocycles. The lowest BCUT2D eigenvalue weighted by molar-refractivity contribution is -0.704. The Labute approximate surface area is 199 Å². The van der Waals surface area contributed by atoms with E-state index in [4.69, 9.17) is 0 Å². The standard InChI is InChI=1S/C30H51N2/c1-3-5-7-9-11-12-13-14-15-17-22-26-31-27-28-32(29-23-19-18-20-24-29)30(31)25-21-16-10-8-6-4-2/h18-20,23-24,27-28H,3-17,21-22,25-26H2,1-2H3/q+1. The van der Waals surface area contributed by atoms with Crippen molar-refractivity contribution in [3.63, 3.8) is 0 Å². The van der Waals surface area contributed by atoms with E-state index in [0.717, 1.165) is 0 Å². The summed E-state index contributed by atoms with van der Waals surface area (Å²) in [4.78, 5) is 0. The number of rotatable bonds is 20. The minimum Gasteiger partial charge on any atom is -0.234 e. The molecule has 180 valence electrons. The van der Waals surface area contributed by atoms with E-state index in [2.05, 4.69) is 65.7 Å². The van der Waals surface area contributed by atoms with Gasteiger partial charge in [0.25, 0.3) is 5.82 Å². The summed E-state index contributed by atoms with van der Waals surface area (Å²) >= 11 is 0. The number of benzene rings is 1. The molecule has 0 atom stereocenters. The van der Waals surface area contributed by atoms with Crippen molar-refractivity contribution in [2.45, 2.75) is 136 Å². The third-order valence-electron chi connectivity index (χ3n) is 6.80. The third-order valence-corrected chi connectivity index (χ3v) is 6.80. The second-order valence-electron chi connectivity index (χ2n) is 9.67. The van der Waals surface area contributed by atoms with Gasteiger partial charge in [-0.3, -0.25) is 0 Å². The van der Waals surface area contributed by atoms with Crippen LogP contribution in [0.15, 0.2) is 42.7 Å². The maximum atomic E-state index is 2.53. The van der Waals surface area contributed by atoms with Crippen LogP contribution in [-0.2, 0) is 13.0 Å².